The lowest BCUT2D eigenvalue weighted by Gasteiger charge is -2.43. The molecule has 1 saturated carbocycles. The van der Waals surface area contributed by atoms with Crippen molar-refractivity contribution in [3.05, 3.63) is 28.8 Å². The van der Waals surface area contributed by atoms with E-state index in [9.17, 15) is 22.8 Å². The number of alkyl halides is 3. The Balaban J connectivity index is 1.26. The van der Waals surface area contributed by atoms with Crippen LogP contribution in [0.4, 0.5) is 18.9 Å². The average molecular weight is 530 g/mol. The second-order valence-corrected chi connectivity index (χ2v) is 10.6. The van der Waals surface area contributed by atoms with Crippen LogP contribution in [0.3, 0.4) is 0 Å². The molecule has 0 aromatic heterocycles. The van der Waals surface area contributed by atoms with E-state index in [2.05, 4.69) is 10.2 Å². The molecule has 0 atom stereocenters. The maximum Gasteiger partial charge on any atom is 0.403 e. The highest BCUT2D eigenvalue weighted by atomic mass is 35.5. The number of likely N-dealkylation sites (tertiary alicyclic amines) is 1. The first-order valence-electron chi connectivity index (χ1n) is 12.9. The van der Waals surface area contributed by atoms with Gasteiger partial charge in [-0.15, -0.1) is 0 Å². The summed E-state index contributed by atoms with van der Waals surface area (Å²) >= 11 is 6.29. The van der Waals surface area contributed by atoms with E-state index in [1.165, 1.54) is 4.90 Å². The number of hydrogen-bond donors (Lipinski definition) is 1. The summed E-state index contributed by atoms with van der Waals surface area (Å²) < 4.78 is 48.1. The Morgan fingerprint density at radius 1 is 1.00 bits per heavy atom. The van der Waals surface area contributed by atoms with Gasteiger partial charge in [-0.05, 0) is 56.7 Å². The molecule has 3 aliphatic rings. The van der Waals surface area contributed by atoms with Crippen molar-refractivity contribution in [3.63, 3.8) is 0 Å². The molecule has 0 spiro atoms. The Hall–Kier alpha value is -2.00. The molecule has 1 N–H and O–H groups in total. The topological polar surface area (TPSA) is 61.9 Å². The number of hydrogen-bond acceptors (Lipinski definition) is 4. The van der Waals surface area contributed by atoms with Crippen LogP contribution in [0.2, 0.25) is 5.02 Å². The lowest BCUT2D eigenvalue weighted by Crippen LogP contribution is -2.55. The minimum absolute atomic E-state index is 0.0416. The van der Waals surface area contributed by atoms with Gasteiger partial charge in [0.2, 0.25) is 5.91 Å². The normalized spacial score (nSPS) is 21.9. The minimum Gasteiger partial charge on any atom is -0.375 e. The summed E-state index contributed by atoms with van der Waals surface area (Å²) in [6, 6.07) is 5.43. The predicted octanol–water partition coefficient (Wildman–Crippen LogP) is 5.19. The van der Waals surface area contributed by atoms with E-state index < -0.39 is 17.5 Å². The molecule has 200 valence electrons. The third kappa shape index (κ3) is 5.62. The molecule has 3 fully saturated rings. The number of halogens is 4. The van der Waals surface area contributed by atoms with Gasteiger partial charge in [-0.2, -0.15) is 13.2 Å². The third-order valence-corrected chi connectivity index (χ3v) is 8.32. The zero-order valence-electron chi connectivity index (χ0n) is 20.7. The quantitative estimate of drug-likeness (QED) is 0.570. The zero-order valence-corrected chi connectivity index (χ0v) is 21.5. The van der Waals surface area contributed by atoms with Crippen LogP contribution in [-0.4, -0.2) is 68.3 Å². The summed E-state index contributed by atoms with van der Waals surface area (Å²) in [6.07, 6.45) is -0.208. The number of carbonyl (C=O) groups excluding carboxylic acids is 2. The Kier molecular flexibility index (Phi) is 8.39. The number of carbonyl (C=O) groups is 2. The average Bonchev–Trinajstić information content (AvgIpc) is 2.88. The minimum atomic E-state index is -4.50. The number of nitrogens with zero attached hydrogens (tertiary/aromatic N) is 2. The molecule has 4 rings (SSSR count). The van der Waals surface area contributed by atoms with Crippen molar-refractivity contribution < 1.29 is 27.5 Å². The number of nitrogens with one attached hydrogen (secondary N) is 1. The molecule has 1 aliphatic carbocycles. The van der Waals surface area contributed by atoms with Gasteiger partial charge in [-0.1, -0.05) is 30.9 Å². The molecule has 2 aliphatic heterocycles. The van der Waals surface area contributed by atoms with Gasteiger partial charge in [0.15, 0.2) is 0 Å². The van der Waals surface area contributed by atoms with E-state index in [-0.39, 0.29) is 31.0 Å². The molecule has 6 nitrogen and oxygen atoms in total. The highest BCUT2D eigenvalue weighted by Gasteiger charge is 2.61. The van der Waals surface area contributed by atoms with Gasteiger partial charge in [0.25, 0.3) is 5.91 Å². The molecule has 0 bridgehead atoms. The number of anilines is 1. The Morgan fingerprint density at radius 2 is 1.58 bits per heavy atom. The molecule has 0 radical (unpaired) electrons. The molecular formula is C26H35ClF3N3O3. The van der Waals surface area contributed by atoms with E-state index in [1.54, 1.807) is 19.2 Å². The van der Waals surface area contributed by atoms with Crippen molar-refractivity contribution in [2.75, 3.05) is 38.1 Å². The second kappa shape index (κ2) is 11.2. The largest absolute Gasteiger partial charge is 0.403 e. The van der Waals surface area contributed by atoms with Gasteiger partial charge in [-0.25, -0.2) is 0 Å². The molecule has 2 saturated heterocycles. The standard InChI is InChI=1S/C26H35ClF3N3O3/c1-31-23(34)21-6-5-18(17-22(21)27)32-13-7-19(8-14-32)36-20-9-15-33(16-10-20)24(35)25(26(28,29)30)11-3-2-4-12-25/h5-6,17,19-20H,2-4,7-16H2,1H3,(H,31,34). The summed E-state index contributed by atoms with van der Waals surface area (Å²) in [5.41, 5.74) is -0.803. The van der Waals surface area contributed by atoms with Crippen LogP contribution in [0.15, 0.2) is 18.2 Å². The molecule has 1 aromatic carbocycles. The highest BCUT2D eigenvalue weighted by Crippen LogP contribution is 2.50. The summed E-state index contributed by atoms with van der Waals surface area (Å²) in [7, 11) is 1.56. The van der Waals surface area contributed by atoms with Crippen LogP contribution in [0, 0.1) is 5.41 Å². The smallest absolute Gasteiger partial charge is 0.375 e. The summed E-state index contributed by atoms with van der Waals surface area (Å²) in [5, 5.41) is 2.98. The van der Waals surface area contributed by atoms with Crippen molar-refractivity contribution in [1.29, 1.82) is 0 Å². The Labute approximate surface area is 215 Å². The SMILES string of the molecule is CNC(=O)c1ccc(N2CCC(OC3CCN(C(=O)C4(C(F)(F)F)CCCCC4)CC3)CC2)cc1Cl. The number of benzene rings is 1. The fourth-order valence-electron chi connectivity index (χ4n) is 5.81. The fourth-order valence-corrected chi connectivity index (χ4v) is 6.07. The first-order valence-corrected chi connectivity index (χ1v) is 13.3. The second-order valence-electron chi connectivity index (χ2n) is 10.2. The molecule has 2 amide bonds. The van der Waals surface area contributed by atoms with Gasteiger partial charge >= 0.3 is 6.18 Å². The van der Waals surface area contributed by atoms with E-state index >= 15 is 0 Å². The monoisotopic (exact) mass is 529 g/mol. The van der Waals surface area contributed by atoms with Crippen LogP contribution in [-0.2, 0) is 9.53 Å². The van der Waals surface area contributed by atoms with E-state index in [0.717, 1.165) is 38.0 Å². The maximum atomic E-state index is 13.9. The molecule has 0 unspecified atom stereocenters. The highest BCUT2D eigenvalue weighted by molar-refractivity contribution is 6.34. The predicted molar refractivity (Wildman–Crippen MR) is 132 cm³/mol. The van der Waals surface area contributed by atoms with Gasteiger partial charge in [-0.3, -0.25) is 9.59 Å². The number of rotatable bonds is 5. The first kappa shape index (κ1) is 27.0. The van der Waals surface area contributed by atoms with E-state index in [0.29, 0.717) is 49.4 Å². The maximum absolute atomic E-state index is 13.9. The molecule has 10 heteroatoms. The van der Waals surface area contributed by atoms with E-state index in [4.69, 9.17) is 16.3 Å². The van der Waals surface area contributed by atoms with Crippen molar-refractivity contribution in [3.8, 4) is 0 Å². The third-order valence-electron chi connectivity index (χ3n) is 8.00. The Bertz CT molecular complexity index is 936. The zero-order chi connectivity index (χ0) is 25.9. The summed E-state index contributed by atoms with van der Waals surface area (Å²) in [4.78, 5) is 28.5. The van der Waals surface area contributed by atoms with E-state index in [1.807, 2.05) is 6.07 Å². The molecule has 36 heavy (non-hydrogen) atoms. The van der Waals surface area contributed by atoms with Crippen LogP contribution in [0.25, 0.3) is 0 Å². The van der Waals surface area contributed by atoms with Crippen molar-refractivity contribution >= 4 is 29.1 Å². The van der Waals surface area contributed by atoms with Gasteiger partial charge < -0.3 is 19.9 Å². The Morgan fingerprint density at radius 3 is 2.11 bits per heavy atom. The fraction of sp³-hybridized carbons (Fsp3) is 0.692. The van der Waals surface area contributed by atoms with Crippen molar-refractivity contribution in [2.45, 2.75) is 76.2 Å². The van der Waals surface area contributed by atoms with Gasteiger partial charge in [0.1, 0.15) is 5.41 Å². The van der Waals surface area contributed by atoms with Crippen LogP contribution >= 0.6 is 11.6 Å². The molecular weight excluding hydrogens is 495 g/mol. The number of ether oxygens (including phenoxy) is 1. The van der Waals surface area contributed by atoms with Crippen LogP contribution < -0.4 is 10.2 Å². The molecule has 1 aromatic rings. The number of amides is 2. The summed E-state index contributed by atoms with van der Waals surface area (Å²) in [6.45, 7) is 2.20. The number of piperidine rings is 2. The summed E-state index contributed by atoms with van der Waals surface area (Å²) in [5.74, 6) is -0.957. The first-order chi connectivity index (χ1) is 17.1. The van der Waals surface area contributed by atoms with Crippen molar-refractivity contribution in [2.24, 2.45) is 5.41 Å². The van der Waals surface area contributed by atoms with Crippen LogP contribution in [0.1, 0.15) is 68.1 Å². The van der Waals surface area contributed by atoms with Gasteiger partial charge in [0.05, 0.1) is 22.8 Å². The molecule has 2 heterocycles. The van der Waals surface area contributed by atoms with Crippen molar-refractivity contribution in [1.82, 2.24) is 10.2 Å². The lowest BCUT2D eigenvalue weighted by molar-refractivity contribution is -0.236. The lowest BCUT2D eigenvalue weighted by atomic mass is 9.72. The van der Waals surface area contributed by atoms with Gasteiger partial charge in [0, 0.05) is 38.9 Å². The van der Waals surface area contributed by atoms with Crippen LogP contribution in [0.5, 0.6) is 0 Å².